The number of hydrogen-bond acceptors (Lipinski definition) is 1. The molecule has 0 aromatic carbocycles. The maximum Gasteiger partial charge on any atom is 0.225 e. The Kier molecular flexibility index (Phi) is 5.58. The molecule has 0 atom stereocenters. The average molecular weight is 223 g/mol. The van der Waals surface area contributed by atoms with E-state index >= 15 is 0 Å². The summed E-state index contributed by atoms with van der Waals surface area (Å²) in [5, 5.41) is 0. The van der Waals surface area contributed by atoms with E-state index in [2.05, 4.69) is 13.0 Å². The fraction of sp³-hybridized carbons (Fsp3) is 0.786. The Labute approximate surface area is 99.7 Å². The molecule has 0 spiro atoms. The summed E-state index contributed by atoms with van der Waals surface area (Å²) < 4.78 is 0. The number of unbranched alkanes of at least 4 members (excludes halogenated alkanes) is 2. The number of nitrogens with zero attached hydrogens (tertiary/aromatic N) is 1. The molecule has 1 aliphatic heterocycles. The van der Waals surface area contributed by atoms with Crippen LogP contribution in [0.5, 0.6) is 0 Å². The van der Waals surface area contributed by atoms with Crippen LogP contribution >= 0.6 is 0 Å². The second kappa shape index (κ2) is 6.72. The van der Waals surface area contributed by atoms with Crippen molar-refractivity contribution in [3.63, 3.8) is 0 Å². The first-order valence-corrected chi connectivity index (χ1v) is 6.61. The van der Waals surface area contributed by atoms with Gasteiger partial charge in [-0.1, -0.05) is 45.3 Å². The Morgan fingerprint density at radius 3 is 2.69 bits per heavy atom. The molecule has 1 heterocycles. The average Bonchev–Trinajstić information content (AvgIpc) is 2.29. The molecular weight excluding hydrogens is 198 g/mol. The summed E-state index contributed by atoms with van der Waals surface area (Å²) >= 11 is 0. The van der Waals surface area contributed by atoms with Crippen molar-refractivity contribution < 1.29 is 4.79 Å². The molecule has 0 radical (unpaired) electrons. The molecule has 0 bridgehead atoms. The van der Waals surface area contributed by atoms with Gasteiger partial charge in [-0.25, -0.2) is 0 Å². The van der Waals surface area contributed by atoms with Crippen LogP contribution in [-0.4, -0.2) is 23.9 Å². The Hall–Kier alpha value is -0.790. The summed E-state index contributed by atoms with van der Waals surface area (Å²) in [6.07, 6.45) is 8.50. The van der Waals surface area contributed by atoms with E-state index in [4.69, 9.17) is 0 Å². The molecule has 0 unspecified atom stereocenters. The van der Waals surface area contributed by atoms with Crippen molar-refractivity contribution in [3.05, 3.63) is 11.6 Å². The largest absolute Gasteiger partial charge is 0.338 e. The van der Waals surface area contributed by atoms with Gasteiger partial charge in [-0.3, -0.25) is 4.79 Å². The van der Waals surface area contributed by atoms with E-state index in [-0.39, 0.29) is 5.92 Å². The Morgan fingerprint density at radius 1 is 1.44 bits per heavy atom. The third-order valence-corrected chi connectivity index (χ3v) is 3.21. The van der Waals surface area contributed by atoms with E-state index in [0.717, 1.165) is 19.5 Å². The highest BCUT2D eigenvalue weighted by molar-refractivity contribution is 5.78. The van der Waals surface area contributed by atoms with E-state index < -0.39 is 0 Å². The zero-order valence-corrected chi connectivity index (χ0v) is 11.0. The van der Waals surface area contributed by atoms with Crippen molar-refractivity contribution in [3.8, 4) is 0 Å². The minimum absolute atomic E-state index is 0.134. The van der Waals surface area contributed by atoms with Crippen LogP contribution in [-0.2, 0) is 4.79 Å². The van der Waals surface area contributed by atoms with Crippen LogP contribution in [0.4, 0.5) is 0 Å². The van der Waals surface area contributed by atoms with E-state index in [0.29, 0.717) is 5.91 Å². The van der Waals surface area contributed by atoms with Crippen molar-refractivity contribution in [1.29, 1.82) is 0 Å². The zero-order valence-electron chi connectivity index (χ0n) is 11.0. The summed E-state index contributed by atoms with van der Waals surface area (Å²) in [5.74, 6) is 0.430. The zero-order chi connectivity index (χ0) is 12.0. The van der Waals surface area contributed by atoms with Crippen LogP contribution in [0.3, 0.4) is 0 Å². The first-order valence-electron chi connectivity index (χ1n) is 6.61. The Bertz CT molecular complexity index is 255. The first kappa shape index (κ1) is 13.3. The van der Waals surface area contributed by atoms with Gasteiger partial charge in [0.15, 0.2) is 0 Å². The van der Waals surface area contributed by atoms with E-state index in [9.17, 15) is 4.79 Å². The van der Waals surface area contributed by atoms with Crippen molar-refractivity contribution >= 4 is 5.91 Å². The predicted octanol–water partition coefficient (Wildman–Crippen LogP) is 3.38. The van der Waals surface area contributed by atoms with Crippen molar-refractivity contribution in [2.75, 3.05) is 13.1 Å². The molecule has 1 rings (SSSR count). The van der Waals surface area contributed by atoms with Crippen LogP contribution in [0.2, 0.25) is 0 Å². The number of amides is 1. The normalized spacial score (nSPS) is 16.5. The summed E-state index contributed by atoms with van der Waals surface area (Å²) in [6.45, 7) is 7.94. The predicted molar refractivity (Wildman–Crippen MR) is 68.3 cm³/mol. The van der Waals surface area contributed by atoms with Crippen LogP contribution in [0.15, 0.2) is 11.6 Å². The van der Waals surface area contributed by atoms with Crippen molar-refractivity contribution in [1.82, 2.24) is 4.90 Å². The number of rotatable bonds is 5. The lowest BCUT2D eigenvalue weighted by molar-refractivity contribution is -0.134. The van der Waals surface area contributed by atoms with Gasteiger partial charge in [0.05, 0.1) is 0 Å². The highest BCUT2D eigenvalue weighted by Crippen LogP contribution is 2.18. The van der Waals surface area contributed by atoms with Gasteiger partial charge in [0.2, 0.25) is 5.91 Å². The third kappa shape index (κ3) is 3.99. The van der Waals surface area contributed by atoms with Crippen molar-refractivity contribution in [2.45, 2.75) is 52.9 Å². The summed E-state index contributed by atoms with van der Waals surface area (Å²) in [4.78, 5) is 13.7. The molecule has 0 aromatic rings. The van der Waals surface area contributed by atoms with Crippen LogP contribution < -0.4 is 0 Å². The number of hydrogen-bond donors (Lipinski definition) is 0. The van der Waals surface area contributed by atoms with Gasteiger partial charge in [-0.2, -0.15) is 0 Å². The molecule has 0 fully saturated rings. The summed E-state index contributed by atoms with van der Waals surface area (Å²) in [7, 11) is 0. The lowest BCUT2D eigenvalue weighted by Crippen LogP contribution is -2.37. The third-order valence-electron chi connectivity index (χ3n) is 3.21. The van der Waals surface area contributed by atoms with Crippen LogP contribution in [0.25, 0.3) is 0 Å². The second-order valence-electron chi connectivity index (χ2n) is 5.01. The molecular formula is C14H25NO. The topological polar surface area (TPSA) is 20.3 Å². The molecule has 2 nitrogen and oxygen atoms in total. The molecule has 2 heteroatoms. The van der Waals surface area contributed by atoms with Crippen LogP contribution in [0, 0.1) is 5.92 Å². The molecule has 0 aromatic heterocycles. The smallest absolute Gasteiger partial charge is 0.225 e. The molecule has 92 valence electrons. The fourth-order valence-electron chi connectivity index (χ4n) is 2.11. The first-order chi connectivity index (χ1) is 7.65. The van der Waals surface area contributed by atoms with Gasteiger partial charge in [0.1, 0.15) is 0 Å². The molecule has 16 heavy (non-hydrogen) atoms. The van der Waals surface area contributed by atoms with E-state index in [1.165, 1.54) is 25.7 Å². The minimum Gasteiger partial charge on any atom is -0.338 e. The molecule has 0 saturated carbocycles. The maximum absolute atomic E-state index is 11.8. The molecule has 0 N–H and O–H groups in total. The molecule has 0 aliphatic carbocycles. The van der Waals surface area contributed by atoms with Crippen LogP contribution in [0.1, 0.15) is 52.9 Å². The lowest BCUT2D eigenvalue weighted by atomic mass is 10.0. The molecule has 1 aliphatic rings. The molecule has 0 saturated heterocycles. The van der Waals surface area contributed by atoms with Crippen molar-refractivity contribution in [2.24, 2.45) is 5.92 Å². The van der Waals surface area contributed by atoms with Gasteiger partial charge in [-0.15, -0.1) is 0 Å². The highest BCUT2D eigenvalue weighted by Gasteiger charge is 2.18. The fourth-order valence-corrected chi connectivity index (χ4v) is 2.11. The monoisotopic (exact) mass is 223 g/mol. The quantitative estimate of drug-likeness (QED) is 0.517. The molecule has 1 amide bonds. The van der Waals surface area contributed by atoms with E-state index in [1.54, 1.807) is 5.57 Å². The van der Waals surface area contributed by atoms with Gasteiger partial charge in [0.25, 0.3) is 0 Å². The maximum atomic E-state index is 11.8. The van der Waals surface area contributed by atoms with Gasteiger partial charge in [-0.05, 0) is 19.3 Å². The summed E-state index contributed by atoms with van der Waals surface area (Å²) in [5.41, 5.74) is 1.56. The lowest BCUT2D eigenvalue weighted by Gasteiger charge is -2.28. The minimum atomic E-state index is 0.134. The summed E-state index contributed by atoms with van der Waals surface area (Å²) in [6, 6.07) is 0. The van der Waals surface area contributed by atoms with Gasteiger partial charge in [0, 0.05) is 19.0 Å². The van der Waals surface area contributed by atoms with E-state index in [1.807, 2.05) is 18.7 Å². The SMILES string of the molecule is CCCCCC1=CCN(C(=O)C(C)C)CC1. The number of carbonyl (C=O) groups excluding carboxylic acids is 1. The Balaban J connectivity index is 2.33. The number of carbonyl (C=O) groups is 1. The Morgan fingerprint density at radius 2 is 2.19 bits per heavy atom. The highest BCUT2D eigenvalue weighted by atomic mass is 16.2. The van der Waals surface area contributed by atoms with Gasteiger partial charge < -0.3 is 4.90 Å². The second-order valence-corrected chi connectivity index (χ2v) is 5.01. The van der Waals surface area contributed by atoms with Gasteiger partial charge >= 0.3 is 0 Å². The standard InChI is InChI=1S/C14H25NO/c1-4-5-6-7-13-8-10-15(11-9-13)14(16)12(2)3/h8,12H,4-7,9-11H2,1-3H3.